The third-order valence-electron chi connectivity index (χ3n) is 1.20. The predicted octanol–water partition coefficient (Wildman–Crippen LogP) is 1.96. The lowest BCUT2D eigenvalue weighted by Crippen LogP contribution is -2.22. The van der Waals surface area contributed by atoms with Gasteiger partial charge in [0.2, 0.25) is 0 Å². The number of hydrogen-bond acceptors (Lipinski definition) is 4. The van der Waals surface area contributed by atoms with Crippen LogP contribution in [-0.2, 0) is 14.1 Å². The van der Waals surface area contributed by atoms with Gasteiger partial charge >= 0.3 is 5.97 Å². The molecule has 74 valence electrons. The molecule has 0 aromatic carbocycles. The molecular formula is C5H9BrNO3P3. The van der Waals surface area contributed by atoms with E-state index in [-0.39, 0.29) is 17.5 Å². The zero-order valence-corrected chi connectivity index (χ0v) is 11.4. The van der Waals surface area contributed by atoms with Gasteiger partial charge in [-0.25, -0.2) is 0 Å². The van der Waals surface area contributed by atoms with Crippen molar-refractivity contribution >= 4 is 54.1 Å². The quantitative estimate of drug-likeness (QED) is 0.576. The number of carbonyl (C=O) groups is 2. The maximum Gasteiger partial charge on any atom is 0.310 e. The molecule has 4 nitrogen and oxygen atoms in total. The summed E-state index contributed by atoms with van der Waals surface area (Å²) < 4.78 is 8.29. The highest BCUT2D eigenvalue weighted by Crippen LogP contribution is 2.16. The maximum absolute atomic E-state index is 11.2. The van der Waals surface area contributed by atoms with Gasteiger partial charge < -0.3 is 4.52 Å². The fraction of sp³-hybridized carbons (Fsp3) is 0.600. The summed E-state index contributed by atoms with van der Waals surface area (Å²) in [7, 11) is 4.85. The monoisotopic (exact) mass is 303 g/mol. The second-order valence-corrected chi connectivity index (χ2v) is 3.99. The molecule has 13 heavy (non-hydrogen) atoms. The van der Waals surface area contributed by atoms with Crippen molar-refractivity contribution in [1.29, 1.82) is 0 Å². The van der Waals surface area contributed by atoms with Gasteiger partial charge in [0.15, 0.2) is 5.78 Å². The molecule has 0 bridgehead atoms. The predicted molar refractivity (Wildman–Crippen MR) is 62.1 cm³/mol. The molecule has 2 unspecified atom stereocenters. The Morgan fingerprint density at radius 3 is 2.62 bits per heavy atom. The minimum absolute atomic E-state index is 0.00463. The molecule has 0 aromatic heterocycles. The van der Waals surface area contributed by atoms with Crippen LogP contribution in [0.25, 0.3) is 0 Å². The second kappa shape index (κ2) is 7.94. The lowest BCUT2D eigenvalue weighted by molar-refractivity contribution is -0.135. The van der Waals surface area contributed by atoms with Gasteiger partial charge in [0.05, 0.1) is 21.2 Å². The molecule has 0 heterocycles. The minimum Gasteiger partial charge on any atom is -0.451 e. The molecule has 0 aliphatic carbocycles. The molecule has 3 atom stereocenters. The average Bonchev–Trinajstić information content (AvgIpc) is 2.15. The maximum atomic E-state index is 11.2. The van der Waals surface area contributed by atoms with E-state index >= 15 is 0 Å². The van der Waals surface area contributed by atoms with Gasteiger partial charge in [0.1, 0.15) is 6.04 Å². The summed E-state index contributed by atoms with van der Waals surface area (Å²) in [5, 5.41) is 0.200. The first-order chi connectivity index (χ1) is 6.15. The Balaban J connectivity index is 4.25. The van der Waals surface area contributed by atoms with Crippen molar-refractivity contribution in [1.82, 2.24) is 0 Å². The van der Waals surface area contributed by atoms with Crippen LogP contribution in [0.3, 0.4) is 0 Å². The molecule has 0 aliphatic heterocycles. The first-order valence-corrected chi connectivity index (χ1v) is 7.29. The van der Waals surface area contributed by atoms with Crippen LogP contribution in [0, 0.1) is 0 Å². The van der Waals surface area contributed by atoms with Crippen molar-refractivity contribution in [3.8, 4) is 0 Å². The average molecular weight is 304 g/mol. The van der Waals surface area contributed by atoms with Crippen molar-refractivity contribution in [2.24, 2.45) is 4.74 Å². The lowest BCUT2D eigenvalue weighted by Gasteiger charge is -2.06. The van der Waals surface area contributed by atoms with Crippen LogP contribution in [0.4, 0.5) is 0 Å². The lowest BCUT2D eigenvalue weighted by atomic mass is 10.1. The first-order valence-electron chi connectivity index (χ1n) is 3.24. The third kappa shape index (κ3) is 5.80. The molecular weight excluding hydrogens is 295 g/mol. The van der Waals surface area contributed by atoms with Crippen LogP contribution in [0.15, 0.2) is 4.74 Å². The van der Waals surface area contributed by atoms with E-state index in [9.17, 15) is 9.59 Å². The SMILES string of the molecule is O=C(C[C@H](N=PP)C(=O)CBr)OP. The summed E-state index contributed by atoms with van der Waals surface area (Å²) in [6.45, 7) is 0. The minimum atomic E-state index is -0.605. The Morgan fingerprint density at radius 1 is 1.62 bits per heavy atom. The number of nitrogens with zero attached hydrogens (tertiary/aromatic N) is 1. The topological polar surface area (TPSA) is 55.7 Å². The molecule has 0 N–H and O–H groups in total. The van der Waals surface area contributed by atoms with E-state index in [0.29, 0.717) is 8.06 Å². The Hall–Kier alpha value is 0.580. The molecule has 0 fully saturated rings. The van der Waals surface area contributed by atoms with Crippen LogP contribution in [0.5, 0.6) is 0 Å². The van der Waals surface area contributed by atoms with E-state index in [1.54, 1.807) is 0 Å². The van der Waals surface area contributed by atoms with E-state index < -0.39 is 12.0 Å². The number of hydrogen-bond donors (Lipinski definition) is 0. The van der Waals surface area contributed by atoms with E-state index in [1.807, 2.05) is 9.47 Å². The molecule has 0 radical (unpaired) electrons. The Bertz CT molecular complexity index is 223. The zero-order chi connectivity index (χ0) is 10.3. The van der Waals surface area contributed by atoms with Gasteiger partial charge in [0.25, 0.3) is 0 Å². The third-order valence-corrected chi connectivity index (χ3v) is 2.83. The van der Waals surface area contributed by atoms with Gasteiger partial charge in [-0.05, 0) is 0 Å². The van der Waals surface area contributed by atoms with Crippen LogP contribution in [0.2, 0.25) is 0 Å². The van der Waals surface area contributed by atoms with Crippen molar-refractivity contribution < 1.29 is 14.1 Å². The molecule has 0 amide bonds. The van der Waals surface area contributed by atoms with Crippen LogP contribution < -0.4 is 0 Å². The van der Waals surface area contributed by atoms with E-state index in [2.05, 4.69) is 34.1 Å². The Labute approximate surface area is 91.0 Å². The molecule has 0 spiro atoms. The van der Waals surface area contributed by atoms with Crippen molar-refractivity contribution in [2.45, 2.75) is 12.5 Å². The number of halogens is 1. The van der Waals surface area contributed by atoms with Gasteiger partial charge in [-0.15, -0.1) is 0 Å². The summed E-state index contributed by atoms with van der Waals surface area (Å²) >= 11 is 3.02. The van der Waals surface area contributed by atoms with Crippen molar-refractivity contribution in [3.63, 3.8) is 0 Å². The fourth-order valence-corrected chi connectivity index (χ4v) is 1.92. The van der Waals surface area contributed by atoms with Gasteiger partial charge in [-0.2, -0.15) is 0 Å². The highest BCUT2D eigenvalue weighted by atomic mass is 79.9. The van der Waals surface area contributed by atoms with E-state index in [1.165, 1.54) is 0 Å². The highest BCUT2D eigenvalue weighted by molar-refractivity contribution is 9.09. The summed E-state index contributed by atoms with van der Waals surface area (Å²) in [5.74, 6) is -0.577. The molecule has 0 aliphatic rings. The number of Topliss-reactive ketones (excluding diaryl/α,β-unsaturated/α-hetero) is 1. The number of alkyl halides is 1. The Morgan fingerprint density at radius 2 is 2.23 bits per heavy atom. The fourth-order valence-electron chi connectivity index (χ4n) is 0.595. The summed E-state index contributed by atoms with van der Waals surface area (Å²) in [4.78, 5) is 22.0. The summed E-state index contributed by atoms with van der Waals surface area (Å²) in [6.07, 6.45) is -0.00463. The smallest absolute Gasteiger partial charge is 0.310 e. The second-order valence-electron chi connectivity index (χ2n) is 2.04. The summed E-state index contributed by atoms with van der Waals surface area (Å²) in [5.41, 5.74) is 0. The zero-order valence-electron chi connectivity index (χ0n) is 6.64. The molecule has 8 heteroatoms. The molecule has 0 aromatic rings. The number of ketones is 1. The summed E-state index contributed by atoms with van der Waals surface area (Å²) in [6, 6.07) is -0.605. The number of rotatable bonds is 5. The largest absolute Gasteiger partial charge is 0.451 e. The Kier molecular flexibility index (Phi) is 8.29. The number of carbonyl (C=O) groups excluding carboxylic acids is 2. The van der Waals surface area contributed by atoms with Gasteiger partial charge in [-0.3, -0.25) is 14.3 Å². The van der Waals surface area contributed by atoms with Crippen molar-refractivity contribution in [3.05, 3.63) is 0 Å². The van der Waals surface area contributed by atoms with Crippen molar-refractivity contribution in [2.75, 3.05) is 5.33 Å². The highest BCUT2D eigenvalue weighted by Gasteiger charge is 2.19. The normalized spacial score (nSPS) is 12.8. The van der Waals surface area contributed by atoms with Gasteiger partial charge in [0, 0.05) is 8.06 Å². The van der Waals surface area contributed by atoms with E-state index in [4.69, 9.17) is 0 Å². The first kappa shape index (κ1) is 13.6. The molecule has 0 rings (SSSR count). The van der Waals surface area contributed by atoms with Crippen LogP contribution >= 0.6 is 42.4 Å². The van der Waals surface area contributed by atoms with Crippen LogP contribution in [-0.4, -0.2) is 23.1 Å². The van der Waals surface area contributed by atoms with Gasteiger partial charge in [-0.1, -0.05) is 24.9 Å². The standard InChI is InChI=1S/C5H9BrNO3P3/c6-2-4(8)3(7-13-12)1-5(9)10-11/h3H,1-2,11-12H2/t3-/m0/s1. The van der Waals surface area contributed by atoms with Crippen LogP contribution in [0.1, 0.15) is 6.42 Å². The van der Waals surface area contributed by atoms with E-state index in [0.717, 1.165) is 0 Å². The molecule has 0 saturated heterocycles. The molecule has 0 saturated carbocycles.